The zero-order valence-electron chi connectivity index (χ0n) is 9.98. The molecular formula is C11H16ClNO4. The van der Waals surface area contributed by atoms with Crippen molar-refractivity contribution in [3.63, 3.8) is 0 Å². The van der Waals surface area contributed by atoms with Crippen LogP contribution in [0, 0.1) is 5.41 Å². The van der Waals surface area contributed by atoms with Gasteiger partial charge in [-0.15, -0.1) is 0 Å². The summed E-state index contributed by atoms with van der Waals surface area (Å²) in [5.41, 5.74) is -1.82. The van der Waals surface area contributed by atoms with Crippen molar-refractivity contribution in [1.82, 2.24) is 4.90 Å². The predicted octanol–water partition coefficient (Wildman–Crippen LogP) is 1.38. The maximum Gasteiger partial charge on any atom is 0.322 e. The van der Waals surface area contributed by atoms with Crippen LogP contribution in [-0.4, -0.2) is 45.7 Å². The van der Waals surface area contributed by atoms with Crippen molar-refractivity contribution in [2.75, 3.05) is 6.54 Å². The molecule has 6 heteroatoms. The molecule has 1 heterocycles. The van der Waals surface area contributed by atoms with Crippen molar-refractivity contribution in [2.24, 2.45) is 5.41 Å². The Hall–Kier alpha value is -1.07. The van der Waals surface area contributed by atoms with Crippen molar-refractivity contribution in [2.45, 2.75) is 32.9 Å². The van der Waals surface area contributed by atoms with Crippen LogP contribution in [0.3, 0.4) is 0 Å². The molecule has 2 N–H and O–H groups in total. The summed E-state index contributed by atoms with van der Waals surface area (Å²) >= 11 is 5.96. The van der Waals surface area contributed by atoms with Crippen LogP contribution >= 0.6 is 11.6 Å². The summed E-state index contributed by atoms with van der Waals surface area (Å²) in [6.07, 6.45) is 1.80. The van der Waals surface area contributed by atoms with Gasteiger partial charge in [-0.05, 0) is 20.8 Å². The van der Waals surface area contributed by atoms with E-state index >= 15 is 0 Å². The fraction of sp³-hybridized carbons (Fsp3) is 0.636. The highest BCUT2D eigenvalue weighted by atomic mass is 35.5. The molecule has 1 rings (SSSR count). The molecule has 96 valence electrons. The van der Waals surface area contributed by atoms with Gasteiger partial charge in [-0.1, -0.05) is 17.7 Å². The number of halogens is 1. The van der Waals surface area contributed by atoms with Crippen LogP contribution in [0.2, 0.25) is 0 Å². The molecule has 5 nitrogen and oxygen atoms in total. The molecule has 0 radical (unpaired) electrons. The Labute approximate surface area is 105 Å². The van der Waals surface area contributed by atoms with E-state index in [0.29, 0.717) is 5.03 Å². The van der Waals surface area contributed by atoms with Crippen molar-refractivity contribution in [3.8, 4) is 0 Å². The second kappa shape index (κ2) is 4.66. The molecule has 0 aromatic rings. The fourth-order valence-electron chi connectivity index (χ4n) is 1.85. The molecule has 0 aromatic heterocycles. The van der Waals surface area contributed by atoms with E-state index < -0.39 is 17.4 Å². The molecular weight excluding hydrogens is 246 g/mol. The summed E-state index contributed by atoms with van der Waals surface area (Å²) in [7, 11) is 0. The van der Waals surface area contributed by atoms with Crippen LogP contribution in [0.25, 0.3) is 0 Å². The van der Waals surface area contributed by atoms with E-state index in [-0.39, 0.29) is 18.6 Å². The standard InChI is InChI=1S/C11H16ClNO4/c1-6-4-8(12)7(2)13(6)5-11(3,9(14)15)10(16)17/h4,6-7H,5H2,1-3H3,(H,14,15)(H,16,17). The molecule has 0 saturated heterocycles. The third-order valence-electron chi connectivity index (χ3n) is 3.26. The predicted molar refractivity (Wildman–Crippen MR) is 62.9 cm³/mol. The van der Waals surface area contributed by atoms with Crippen LogP contribution < -0.4 is 0 Å². The highest BCUT2D eigenvalue weighted by Gasteiger charge is 2.45. The Morgan fingerprint density at radius 3 is 2.18 bits per heavy atom. The second-order valence-electron chi connectivity index (χ2n) is 4.58. The molecule has 0 aliphatic carbocycles. The highest BCUT2D eigenvalue weighted by molar-refractivity contribution is 6.30. The van der Waals surface area contributed by atoms with E-state index in [1.165, 1.54) is 6.92 Å². The lowest BCUT2D eigenvalue weighted by atomic mass is 9.89. The van der Waals surface area contributed by atoms with Gasteiger partial charge in [0.15, 0.2) is 5.41 Å². The lowest BCUT2D eigenvalue weighted by Gasteiger charge is -2.32. The van der Waals surface area contributed by atoms with Gasteiger partial charge in [-0.25, -0.2) is 0 Å². The summed E-state index contributed by atoms with van der Waals surface area (Å²) in [5, 5.41) is 18.7. The van der Waals surface area contributed by atoms with Crippen molar-refractivity contribution in [1.29, 1.82) is 0 Å². The van der Waals surface area contributed by atoms with Gasteiger partial charge in [0, 0.05) is 23.7 Å². The largest absolute Gasteiger partial charge is 0.480 e. The molecule has 0 bridgehead atoms. The van der Waals surface area contributed by atoms with Crippen LogP contribution in [-0.2, 0) is 9.59 Å². The van der Waals surface area contributed by atoms with Crippen LogP contribution in [0.5, 0.6) is 0 Å². The quantitative estimate of drug-likeness (QED) is 0.748. The van der Waals surface area contributed by atoms with E-state index in [2.05, 4.69) is 0 Å². The van der Waals surface area contributed by atoms with E-state index in [4.69, 9.17) is 21.8 Å². The maximum absolute atomic E-state index is 11.1. The van der Waals surface area contributed by atoms with E-state index in [0.717, 1.165) is 0 Å². The molecule has 0 aromatic carbocycles. The van der Waals surface area contributed by atoms with Crippen LogP contribution in [0.1, 0.15) is 20.8 Å². The Morgan fingerprint density at radius 1 is 1.41 bits per heavy atom. The molecule has 0 amide bonds. The molecule has 17 heavy (non-hydrogen) atoms. The Kier molecular flexibility index (Phi) is 3.84. The Bertz CT molecular complexity index is 366. The van der Waals surface area contributed by atoms with Gasteiger partial charge in [-0.3, -0.25) is 14.5 Å². The number of hydrogen-bond acceptors (Lipinski definition) is 3. The number of aliphatic carboxylic acids is 2. The SMILES string of the molecule is CC1C=C(Cl)C(C)N1CC(C)(C(=O)O)C(=O)O. The average Bonchev–Trinajstić information content (AvgIpc) is 2.44. The summed E-state index contributed by atoms with van der Waals surface area (Å²) in [6, 6.07) is -0.208. The molecule has 0 spiro atoms. The number of carbonyl (C=O) groups is 2. The average molecular weight is 262 g/mol. The van der Waals surface area contributed by atoms with Gasteiger partial charge in [0.2, 0.25) is 0 Å². The van der Waals surface area contributed by atoms with Crippen molar-refractivity contribution >= 4 is 23.5 Å². The van der Waals surface area contributed by atoms with Gasteiger partial charge in [0.25, 0.3) is 0 Å². The third kappa shape index (κ3) is 2.45. The first-order valence-corrected chi connectivity index (χ1v) is 5.67. The van der Waals surface area contributed by atoms with E-state index in [1.54, 1.807) is 11.0 Å². The number of hydrogen-bond donors (Lipinski definition) is 2. The van der Waals surface area contributed by atoms with Gasteiger partial charge in [-0.2, -0.15) is 0 Å². The van der Waals surface area contributed by atoms with Crippen LogP contribution in [0.4, 0.5) is 0 Å². The number of carboxylic acid groups (broad SMARTS) is 2. The molecule has 1 aliphatic heterocycles. The first kappa shape index (κ1) is 14.0. The summed E-state index contributed by atoms with van der Waals surface area (Å²) in [6.45, 7) is 4.82. The monoisotopic (exact) mass is 261 g/mol. The lowest BCUT2D eigenvalue weighted by Crippen LogP contribution is -2.49. The minimum atomic E-state index is -1.82. The maximum atomic E-state index is 11.1. The zero-order valence-corrected chi connectivity index (χ0v) is 10.7. The smallest absolute Gasteiger partial charge is 0.322 e. The normalized spacial score (nSPS) is 25.8. The molecule has 2 atom stereocenters. The molecule has 1 aliphatic rings. The first-order valence-electron chi connectivity index (χ1n) is 5.30. The minimum Gasteiger partial charge on any atom is -0.480 e. The van der Waals surface area contributed by atoms with E-state index in [1.807, 2.05) is 13.8 Å². The molecule has 2 unspecified atom stereocenters. The molecule has 0 fully saturated rings. The van der Waals surface area contributed by atoms with Crippen molar-refractivity contribution < 1.29 is 19.8 Å². The van der Waals surface area contributed by atoms with Gasteiger partial charge >= 0.3 is 11.9 Å². The fourth-order valence-corrected chi connectivity index (χ4v) is 2.16. The van der Waals surface area contributed by atoms with E-state index in [9.17, 15) is 9.59 Å². The highest BCUT2D eigenvalue weighted by Crippen LogP contribution is 2.30. The summed E-state index contributed by atoms with van der Waals surface area (Å²) in [4.78, 5) is 23.9. The summed E-state index contributed by atoms with van der Waals surface area (Å²) in [5.74, 6) is -2.68. The van der Waals surface area contributed by atoms with Gasteiger partial charge < -0.3 is 10.2 Å². The Balaban J connectivity index is 2.91. The minimum absolute atomic E-state index is 0.0597. The van der Waals surface area contributed by atoms with Crippen LogP contribution in [0.15, 0.2) is 11.1 Å². The van der Waals surface area contributed by atoms with Gasteiger partial charge in [0.05, 0.1) is 0 Å². The second-order valence-corrected chi connectivity index (χ2v) is 5.02. The van der Waals surface area contributed by atoms with Crippen molar-refractivity contribution in [3.05, 3.63) is 11.1 Å². The topological polar surface area (TPSA) is 77.8 Å². The number of rotatable bonds is 4. The Morgan fingerprint density at radius 2 is 1.88 bits per heavy atom. The lowest BCUT2D eigenvalue weighted by molar-refractivity contribution is -0.165. The third-order valence-corrected chi connectivity index (χ3v) is 3.70. The zero-order chi connectivity index (χ0) is 13.4. The number of carboxylic acids is 2. The first-order chi connectivity index (χ1) is 7.70. The molecule has 0 saturated carbocycles. The summed E-state index contributed by atoms with van der Waals surface area (Å²) < 4.78 is 0. The number of nitrogens with zero attached hydrogens (tertiary/aromatic N) is 1. The van der Waals surface area contributed by atoms with Gasteiger partial charge in [0.1, 0.15) is 0 Å².